The van der Waals surface area contributed by atoms with Gasteiger partial charge < -0.3 is 10.2 Å². The van der Waals surface area contributed by atoms with Crippen molar-refractivity contribution in [2.75, 3.05) is 23.4 Å². The summed E-state index contributed by atoms with van der Waals surface area (Å²) < 4.78 is 0. The second-order valence-corrected chi connectivity index (χ2v) is 4.05. The summed E-state index contributed by atoms with van der Waals surface area (Å²) in [4.78, 5) is 2.24. The maximum absolute atomic E-state index is 3.81. The Hall–Kier alpha value is -2.22. The van der Waals surface area contributed by atoms with Gasteiger partial charge in [0.25, 0.3) is 0 Å². The Labute approximate surface area is 109 Å². The first-order valence-corrected chi connectivity index (χ1v) is 6.10. The van der Waals surface area contributed by atoms with E-state index >= 15 is 0 Å². The number of nitrogens with zero attached hydrogens (tertiary/aromatic N) is 1. The minimum atomic E-state index is 0.764. The molecule has 2 aromatic carbocycles. The van der Waals surface area contributed by atoms with Crippen LogP contribution in [0.4, 0.5) is 11.4 Å². The van der Waals surface area contributed by atoms with Gasteiger partial charge in [-0.05, 0) is 24.3 Å². The van der Waals surface area contributed by atoms with E-state index in [4.69, 9.17) is 0 Å². The molecule has 0 aromatic heterocycles. The fourth-order valence-electron chi connectivity index (χ4n) is 1.80. The topological polar surface area (TPSA) is 15.3 Å². The SMILES string of the molecule is C=CCN(CNc1ccccc1)c1ccccc1. The lowest BCUT2D eigenvalue weighted by Crippen LogP contribution is -2.29. The van der Waals surface area contributed by atoms with Crippen LogP contribution >= 0.6 is 0 Å². The molecule has 0 saturated heterocycles. The fourth-order valence-corrected chi connectivity index (χ4v) is 1.80. The predicted molar refractivity (Wildman–Crippen MR) is 78.9 cm³/mol. The van der Waals surface area contributed by atoms with Crippen LogP contribution in [-0.4, -0.2) is 13.2 Å². The molecule has 92 valence electrons. The first-order chi connectivity index (χ1) is 8.90. The van der Waals surface area contributed by atoms with Gasteiger partial charge in [0, 0.05) is 17.9 Å². The van der Waals surface area contributed by atoms with E-state index in [9.17, 15) is 0 Å². The van der Waals surface area contributed by atoms with Gasteiger partial charge in [0.15, 0.2) is 0 Å². The van der Waals surface area contributed by atoms with E-state index in [1.807, 2.05) is 42.5 Å². The number of anilines is 2. The van der Waals surface area contributed by atoms with Crippen LogP contribution in [0.2, 0.25) is 0 Å². The second-order valence-electron chi connectivity index (χ2n) is 4.05. The Kier molecular flexibility index (Phi) is 4.42. The Balaban J connectivity index is 2.01. The van der Waals surface area contributed by atoms with Gasteiger partial charge in [-0.15, -0.1) is 6.58 Å². The summed E-state index contributed by atoms with van der Waals surface area (Å²) in [5, 5.41) is 3.41. The van der Waals surface area contributed by atoms with Gasteiger partial charge in [-0.2, -0.15) is 0 Å². The van der Waals surface area contributed by atoms with E-state index in [-0.39, 0.29) is 0 Å². The van der Waals surface area contributed by atoms with Crippen molar-refractivity contribution in [3.05, 3.63) is 73.3 Å². The standard InChI is InChI=1S/C16H18N2/c1-2-13-18(16-11-7-4-8-12-16)14-17-15-9-5-3-6-10-15/h2-12,17H,1,13-14H2. The van der Waals surface area contributed by atoms with Crippen molar-refractivity contribution >= 4 is 11.4 Å². The molecule has 0 radical (unpaired) electrons. The lowest BCUT2D eigenvalue weighted by atomic mass is 10.3. The third-order valence-electron chi connectivity index (χ3n) is 2.72. The van der Waals surface area contributed by atoms with Crippen molar-refractivity contribution in [1.82, 2.24) is 0 Å². The third-order valence-corrected chi connectivity index (χ3v) is 2.72. The zero-order valence-electron chi connectivity index (χ0n) is 10.4. The van der Waals surface area contributed by atoms with Gasteiger partial charge in [-0.3, -0.25) is 0 Å². The molecule has 0 bridgehead atoms. The summed E-state index contributed by atoms with van der Waals surface area (Å²) in [5.74, 6) is 0. The van der Waals surface area contributed by atoms with E-state index < -0.39 is 0 Å². The first-order valence-electron chi connectivity index (χ1n) is 6.10. The van der Waals surface area contributed by atoms with E-state index in [2.05, 4.69) is 41.1 Å². The Morgan fingerprint density at radius 3 is 2.17 bits per heavy atom. The van der Waals surface area contributed by atoms with Crippen LogP contribution in [0.15, 0.2) is 73.3 Å². The van der Waals surface area contributed by atoms with Crippen LogP contribution in [-0.2, 0) is 0 Å². The summed E-state index contributed by atoms with van der Waals surface area (Å²) in [6.45, 7) is 5.40. The first kappa shape index (κ1) is 12.2. The summed E-state index contributed by atoms with van der Waals surface area (Å²) in [7, 11) is 0. The molecule has 2 aromatic rings. The number of para-hydroxylation sites is 2. The summed E-state index contributed by atoms with van der Waals surface area (Å²) >= 11 is 0. The Morgan fingerprint density at radius 2 is 1.56 bits per heavy atom. The highest BCUT2D eigenvalue weighted by Crippen LogP contribution is 2.13. The van der Waals surface area contributed by atoms with E-state index in [0.29, 0.717) is 0 Å². The van der Waals surface area contributed by atoms with E-state index in [0.717, 1.165) is 18.9 Å². The maximum atomic E-state index is 3.81. The molecule has 2 rings (SSSR count). The molecule has 0 aliphatic rings. The highest BCUT2D eigenvalue weighted by Gasteiger charge is 2.02. The molecule has 0 aliphatic heterocycles. The van der Waals surface area contributed by atoms with Gasteiger partial charge in [-0.25, -0.2) is 0 Å². The zero-order chi connectivity index (χ0) is 12.6. The van der Waals surface area contributed by atoms with E-state index in [1.54, 1.807) is 0 Å². The van der Waals surface area contributed by atoms with Crippen molar-refractivity contribution in [2.24, 2.45) is 0 Å². The molecular formula is C16H18N2. The third kappa shape index (κ3) is 3.39. The fraction of sp³-hybridized carbons (Fsp3) is 0.125. The van der Waals surface area contributed by atoms with E-state index in [1.165, 1.54) is 5.69 Å². The van der Waals surface area contributed by atoms with Gasteiger partial charge in [0.05, 0.1) is 6.67 Å². The molecule has 0 unspecified atom stereocenters. The normalized spacial score (nSPS) is 9.78. The number of nitrogens with one attached hydrogen (secondary N) is 1. The minimum Gasteiger partial charge on any atom is -0.368 e. The van der Waals surface area contributed by atoms with Crippen molar-refractivity contribution in [3.63, 3.8) is 0 Å². The molecule has 2 heteroatoms. The van der Waals surface area contributed by atoms with Crippen molar-refractivity contribution < 1.29 is 0 Å². The predicted octanol–water partition coefficient (Wildman–Crippen LogP) is 3.75. The van der Waals surface area contributed by atoms with Crippen molar-refractivity contribution in [3.8, 4) is 0 Å². The molecule has 18 heavy (non-hydrogen) atoms. The lowest BCUT2D eigenvalue weighted by molar-refractivity contribution is 0.916. The Morgan fingerprint density at radius 1 is 0.944 bits per heavy atom. The molecule has 0 saturated carbocycles. The number of hydrogen-bond donors (Lipinski definition) is 1. The minimum absolute atomic E-state index is 0.764. The van der Waals surface area contributed by atoms with Crippen LogP contribution in [0.5, 0.6) is 0 Å². The molecular weight excluding hydrogens is 220 g/mol. The van der Waals surface area contributed by atoms with Crippen LogP contribution in [0.3, 0.4) is 0 Å². The molecule has 0 spiro atoms. The van der Waals surface area contributed by atoms with Gasteiger partial charge >= 0.3 is 0 Å². The monoisotopic (exact) mass is 238 g/mol. The van der Waals surface area contributed by atoms with Gasteiger partial charge in [0.2, 0.25) is 0 Å². The lowest BCUT2D eigenvalue weighted by Gasteiger charge is -2.24. The molecule has 0 aliphatic carbocycles. The summed E-state index contributed by atoms with van der Waals surface area (Å²) in [6, 6.07) is 20.6. The quantitative estimate of drug-likeness (QED) is 0.609. The van der Waals surface area contributed by atoms with Crippen LogP contribution < -0.4 is 10.2 Å². The maximum Gasteiger partial charge on any atom is 0.0879 e. The van der Waals surface area contributed by atoms with Crippen molar-refractivity contribution in [1.29, 1.82) is 0 Å². The van der Waals surface area contributed by atoms with Gasteiger partial charge in [0.1, 0.15) is 0 Å². The van der Waals surface area contributed by atoms with Gasteiger partial charge in [-0.1, -0.05) is 42.5 Å². The zero-order valence-corrected chi connectivity index (χ0v) is 10.4. The second kappa shape index (κ2) is 6.50. The molecule has 0 atom stereocenters. The highest BCUT2D eigenvalue weighted by atomic mass is 15.2. The molecule has 2 nitrogen and oxygen atoms in total. The number of rotatable bonds is 6. The molecule has 0 fully saturated rings. The smallest absolute Gasteiger partial charge is 0.0879 e. The van der Waals surface area contributed by atoms with Crippen molar-refractivity contribution in [2.45, 2.75) is 0 Å². The number of benzene rings is 2. The average Bonchev–Trinajstić information content (AvgIpc) is 2.45. The molecule has 1 N–H and O–H groups in total. The number of hydrogen-bond acceptors (Lipinski definition) is 2. The molecule has 0 heterocycles. The average molecular weight is 238 g/mol. The molecule has 0 amide bonds. The van der Waals surface area contributed by atoms with Crippen LogP contribution in [0.1, 0.15) is 0 Å². The highest BCUT2D eigenvalue weighted by molar-refractivity contribution is 5.50. The largest absolute Gasteiger partial charge is 0.368 e. The van der Waals surface area contributed by atoms with Crippen LogP contribution in [0, 0.1) is 0 Å². The summed E-state index contributed by atoms with van der Waals surface area (Å²) in [5.41, 5.74) is 2.32. The Bertz CT molecular complexity index is 465. The summed E-state index contributed by atoms with van der Waals surface area (Å²) in [6.07, 6.45) is 1.92. The van der Waals surface area contributed by atoms with Crippen LogP contribution in [0.25, 0.3) is 0 Å².